The van der Waals surface area contributed by atoms with Crippen molar-refractivity contribution in [1.29, 1.82) is 0 Å². The molecule has 1 heterocycles. The maximum atomic E-state index is 8.52. The number of halogens is 1. The SMILES string of the molecule is [Cr].[O-][Cl+2]([O-])O.c1ccncc1. The van der Waals surface area contributed by atoms with Crippen molar-refractivity contribution in [2.45, 2.75) is 0 Å². The molecule has 0 saturated heterocycles. The van der Waals surface area contributed by atoms with Crippen LogP contribution < -0.4 is 9.32 Å². The molecule has 0 radical (unpaired) electrons. The summed E-state index contributed by atoms with van der Waals surface area (Å²) < 4.78 is 24.0. The van der Waals surface area contributed by atoms with Gasteiger partial charge in [-0.3, -0.25) is 4.98 Å². The molecule has 0 unspecified atom stereocenters. The first-order valence-electron chi connectivity index (χ1n) is 2.33. The summed E-state index contributed by atoms with van der Waals surface area (Å²) in [6, 6.07) is 5.72. The molecule has 0 spiro atoms. The van der Waals surface area contributed by atoms with Crippen LogP contribution in [0.4, 0.5) is 0 Å². The maximum Gasteiger partial charge on any atom is 0.282 e. The molecular weight excluding hydrogens is 210 g/mol. The molecule has 62 valence electrons. The van der Waals surface area contributed by atoms with Crippen molar-refractivity contribution in [3.63, 3.8) is 0 Å². The summed E-state index contributed by atoms with van der Waals surface area (Å²) in [5.74, 6) is 0. The zero-order chi connectivity index (χ0) is 7.82. The Morgan fingerprint density at radius 2 is 1.45 bits per heavy atom. The van der Waals surface area contributed by atoms with Crippen molar-refractivity contribution in [3.05, 3.63) is 30.6 Å². The molecule has 0 aromatic carbocycles. The minimum absolute atomic E-state index is 0. The summed E-state index contributed by atoms with van der Waals surface area (Å²) in [6.07, 6.45) is 3.50. The van der Waals surface area contributed by atoms with Gasteiger partial charge in [-0.25, -0.2) is 0 Å². The predicted octanol–water partition coefficient (Wildman–Crippen LogP) is -1.86. The molecule has 0 amide bonds. The van der Waals surface area contributed by atoms with Crippen LogP contribution in [0, 0.1) is 10.8 Å². The second-order valence-corrected chi connectivity index (χ2v) is 1.63. The van der Waals surface area contributed by atoms with E-state index in [-0.39, 0.29) is 17.4 Å². The number of hydrogen-bond donors (Lipinski definition) is 1. The number of nitrogens with zero attached hydrogens (tertiary/aromatic N) is 1. The molecule has 0 aliphatic heterocycles. The zero-order valence-corrected chi connectivity index (χ0v) is 7.41. The molecule has 1 aromatic rings. The fourth-order valence-electron chi connectivity index (χ4n) is 0.313. The Hall–Kier alpha value is -0.148. The van der Waals surface area contributed by atoms with E-state index in [1.807, 2.05) is 18.2 Å². The van der Waals surface area contributed by atoms with Crippen LogP contribution in [-0.4, -0.2) is 9.64 Å². The first kappa shape index (κ1) is 13.4. The fourth-order valence-corrected chi connectivity index (χ4v) is 0.313. The van der Waals surface area contributed by atoms with E-state index in [1.54, 1.807) is 12.4 Å². The smallest absolute Gasteiger partial charge is 0.282 e. The number of rotatable bonds is 0. The van der Waals surface area contributed by atoms with Crippen LogP contribution in [0.1, 0.15) is 0 Å². The first-order valence-corrected chi connectivity index (χ1v) is 3.28. The van der Waals surface area contributed by atoms with Gasteiger partial charge in [0.05, 0.1) is 0 Å². The molecule has 0 bridgehead atoms. The van der Waals surface area contributed by atoms with Crippen LogP contribution in [-0.2, 0) is 17.4 Å². The summed E-state index contributed by atoms with van der Waals surface area (Å²) in [4.78, 5) is 3.78. The van der Waals surface area contributed by atoms with E-state index >= 15 is 0 Å². The monoisotopic (exact) mass is 215 g/mol. The average Bonchev–Trinajstić information content (AvgIpc) is 1.90. The largest absolute Gasteiger partial charge is 0.321 e. The second-order valence-electron chi connectivity index (χ2n) is 1.23. The van der Waals surface area contributed by atoms with Gasteiger partial charge in [-0.2, -0.15) is 0 Å². The predicted molar refractivity (Wildman–Crippen MR) is 26.5 cm³/mol. The van der Waals surface area contributed by atoms with E-state index in [0.717, 1.165) is 0 Å². The van der Waals surface area contributed by atoms with Gasteiger partial charge in [-0.1, -0.05) is 6.07 Å². The zero-order valence-electron chi connectivity index (χ0n) is 5.38. The third kappa shape index (κ3) is 17.7. The van der Waals surface area contributed by atoms with Gasteiger partial charge in [-0.05, 0) is 12.1 Å². The minimum atomic E-state index is -2.60. The molecule has 0 aliphatic carbocycles. The van der Waals surface area contributed by atoms with Gasteiger partial charge >= 0.3 is 0 Å². The van der Waals surface area contributed by atoms with E-state index in [1.165, 1.54) is 0 Å². The van der Waals surface area contributed by atoms with Crippen molar-refractivity contribution in [2.24, 2.45) is 0 Å². The molecule has 6 heteroatoms. The Bertz CT molecular complexity index is 122. The van der Waals surface area contributed by atoms with Gasteiger partial charge < -0.3 is 9.32 Å². The van der Waals surface area contributed by atoms with Crippen LogP contribution in [0.25, 0.3) is 0 Å². The number of hydrogen-bond acceptors (Lipinski definition) is 4. The molecule has 1 rings (SSSR count). The Kier molecular flexibility index (Phi) is 12.0. The number of aromatic nitrogens is 1. The summed E-state index contributed by atoms with van der Waals surface area (Å²) in [5.41, 5.74) is 0. The molecule has 4 nitrogen and oxygen atoms in total. The van der Waals surface area contributed by atoms with E-state index in [2.05, 4.69) is 4.98 Å². The Morgan fingerprint density at radius 3 is 1.55 bits per heavy atom. The maximum absolute atomic E-state index is 8.52. The standard InChI is InChI=1S/C5H5N.ClHO3.Cr/c1-2-4-6-5-3-1;2-1(3)4;/h1-5H;2H;. The molecule has 0 fully saturated rings. The fraction of sp³-hybridized carbons (Fsp3) is 0. The first-order chi connectivity index (χ1) is 4.73. The van der Waals surface area contributed by atoms with Gasteiger partial charge in [-0.15, -0.1) is 0 Å². The van der Waals surface area contributed by atoms with Crippen LogP contribution in [0.5, 0.6) is 0 Å². The Labute approximate surface area is 78.0 Å². The van der Waals surface area contributed by atoms with Crippen molar-refractivity contribution in [1.82, 2.24) is 4.98 Å². The van der Waals surface area contributed by atoms with Gasteiger partial charge in [0.2, 0.25) is 0 Å². The van der Waals surface area contributed by atoms with Crippen molar-refractivity contribution in [2.75, 3.05) is 0 Å². The van der Waals surface area contributed by atoms with Crippen molar-refractivity contribution in [3.8, 4) is 0 Å². The molecule has 1 aromatic heterocycles. The summed E-state index contributed by atoms with van der Waals surface area (Å²) in [6.45, 7) is 0. The molecule has 11 heavy (non-hydrogen) atoms. The molecule has 0 atom stereocenters. The topological polar surface area (TPSA) is 79.2 Å². The van der Waals surface area contributed by atoms with Gasteiger partial charge in [0.1, 0.15) is 0 Å². The Morgan fingerprint density at radius 1 is 1.09 bits per heavy atom. The second kappa shape index (κ2) is 9.85. The quantitative estimate of drug-likeness (QED) is 0.551. The molecule has 0 saturated carbocycles. The van der Waals surface area contributed by atoms with Gasteiger partial charge in [0, 0.05) is 34.4 Å². The van der Waals surface area contributed by atoms with E-state index in [9.17, 15) is 0 Å². The van der Waals surface area contributed by atoms with Crippen molar-refractivity contribution >= 4 is 0 Å². The molecular formula is C5H6ClCrNO3. The Balaban J connectivity index is 0. The average molecular weight is 216 g/mol. The van der Waals surface area contributed by atoms with Gasteiger partial charge in [0.25, 0.3) is 10.8 Å². The van der Waals surface area contributed by atoms with E-state index in [0.29, 0.717) is 0 Å². The normalized spacial score (nSPS) is 7.64. The summed E-state index contributed by atoms with van der Waals surface area (Å²) in [7, 11) is -2.60. The minimum Gasteiger partial charge on any atom is -0.321 e. The van der Waals surface area contributed by atoms with Crippen LogP contribution in [0.3, 0.4) is 0 Å². The van der Waals surface area contributed by atoms with Gasteiger partial charge in [0.15, 0.2) is 0 Å². The summed E-state index contributed by atoms with van der Waals surface area (Å²) in [5, 5.41) is 0. The third-order valence-electron chi connectivity index (χ3n) is 0.566. The molecule has 1 N–H and O–H groups in total. The molecule has 0 aliphatic rings. The van der Waals surface area contributed by atoms with Crippen LogP contribution in [0.15, 0.2) is 30.6 Å². The number of pyridine rings is 1. The van der Waals surface area contributed by atoms with Crippen LogP contribution in [0.2, 0.25) is 0 Å². The van der Waals surface area contributed by atoms with E-state index in [4.69, 9.17) is 14.0 Å². The summed E-state index contributed by atoms with van der Waals surface area (Å²) >= 11 is 0. The van der Waals surface area contributed by atoms with Crippen molar-refractivity contribution < 1.29 is 42.1 Å². The van der Waals surface area contributed by atoms with Crippen LogP contribution >= 0.6 is 0 Å². The third-order valence-corrected chi connectivity index (χ3v) is 0.566. The van der Waals surface area contributed by atoms with E-state index < -0.39 is 10.8 Å².